The average Bonchev–Trinajstić information content (AvgIpc) is 3.55. The molecule has 0 unspecified atom stereocenters. The summed E-state index contributed by atoms with van der Waals surface area (Å²) in [5.74, 6) is 0.473. The molecule has 7 heteroatoms. The maximum absolute atomic E-state index is 11.6. The van der Waals surface area contributed by atoms with Crippen molar-refractivity contribution in [3.8, 4) is 17.2 Å². The van der Waals surface area contributed by atoms with Crippen molar-refractivity contribution < 1.29 is 15.3 Å². The first-order valence-corrected chi connectivity index (χ1v) is 14.7. The Labute approximate surface area is 242 Å². The van der Waals surface area contributed by atoms with Gasteiger partial charge in [0.1, 0.15) is 17.2 Å². The molecule has 1 fully saturated rings. The molecule has 1 saturated carbocycles. The molecule has 1 heterocycles. The second kappa shape index (κ2) is 8.86. The standard InChI is InChI=1S/C32H26Br2N2O3/c1-2-3-4-5-17-10-19-24(15-35-17)31(39)27-18(28(19)34)8-9-32(27)13-22-23(14-32)30(38)21-12-26(36-16-6-7-16)25(33)11-20(21)29(22)37/h2-5,10-16,36-39H,6-9H2,1H3/b3-2+,5-4+/t32-/m1/s1. The second-order valence-corrected chi connectivity index (χ2v) is 12.4. The lowest BCUT2D eigenvalue weighted by Gasteiger charge is -2.23. The summed E-state index contributed by atoms with van der Waals surface area (Å²) >= 11 is 7.47. The predicted molar refractivity (Wildman–Crippen MR) is 165 cm³/mol. The van der Waals surface area contributed by atoms with Gasteiger partial charge in [0.2, 0.25) is 0 Å². The van der Waals surface area contributed by atoms with Crippen LogP contribution in [0, 0.1) is 0 Å². The third-order valence-corrected chi connectivity index (χ3v) is 9.77. The van der Waals surface area contributed by atoms with Crippen molar-refractivity contribution >= 4 is 77.3 Å². The Bertz CT molecular complexity index is 1930. The average molecular weight is 646 g/mol. The molecule has 196 valence electrons. The number of aromatic hydroxyl groups is 3. The lowest BCUT2D eigenvalue weighted by molar-refractivity contribution is 0.462. The molecule has 3 aliphatic rings. The molecule has 4 aromatic rings. The number of phenols is 3. The van der Waals surface area contributed by atoms with Crippen molar-refractivity contribution in [1.29, 1.82) is 0 Å². The van der Waals surface area contributed by atoms with Crippen molar-refractivity contribution in [3.05, 3.63) is 78.8 Å². The van der Waals surface area contributed by atoms with E-state index in [1.54, 1.807) is 6.20 Å². The van der Waals surface area contributed by atoms with E-state index in [0.717, 1.165) is 56.1 Å². The van der Waals surface area contributed by atoms with Gasteiger partial charge in [0.25, 0.3) is 0 Å². The van der Waals surface area contributed by atoms with Crippen LogP contribution in [0.4, 0.5) is 5.69 Å². The molecule has 5 nitrogen and oxygen atoms in total. The van der Waals surface area contributed by atoms with Gasteiger partial charge < -0.3 is 20.6 Å². The van der Waals surface area contributed by atoms with Crippen LogP contribution in [0.5, 0.6) is 17.2 Å². The molecule has 0 amide bonds. The lowest BCUT2D eigenvalue weighted by atomic mass is 9.81. The third kappa shape index (κ3) is 3.74. The predicted octanol–water partition coefficient (Wildman–Crippen LogP) is 6.65. The number of phenolic OH excluding ortho intramolecular Hbond substituents is 3. The fourth-order valence-electron chi connectivity index (χ4n) is 6.15. The van der Waals surface area contributed by atoms with E-state index >= 15 is 0 Å². The van der Waals surface area contributed by atoms with Crippen molar-refractivity contribution in [2.24, 2.45) is 0 Å². The van der Waals surface area contributed by atoms with Gasteiger partial charge >= 0.3 is 0 Å². The van der Waals surface area contributed by atoms with Gasteiger partial charge in [-0.15, -0.1) is 0 Å². The molecule has 4 N–H and O–H groups in total. The number of nitrogens with one attached hydrogen (secondary N) is 1. The fourth-order valence-corrected chi connectivity index (χ4v) is 7.33. The first-order chi connectivity index (χ1) is 18.8. The Hall–Kier alpha value is -3.29. The highest BCUT2D eigenvalue weighted by Gasteiger charge is 2.42. The Kier molecular flexibility index (Phi) is 5.62. The van der Waals surface area contributed by atoms with Crippen LogP contribution in [0.2, 0.25) is 0 Å². The van der Waals surface area contributed by atoms with Gasteiger partial charge in [0, 0.05) is 69.8 Å². The quantitative estimate of drug-likeness (QED) is 0.148. The van der Waals surface area contributed by atoms with Crippen molar-refractivity contribution in [2.45, 2.75) is 44.1 Å². The van der Waals surface area contributed by atoms with Crippen LogP contribution >= 0.6 is 31.9 Å². The number of allylic oxidation sites excluding steroid dienone is 3. The van der Waals surface area contributed by atoms with E-state index in [1.165, 1.54) is 0 Å². The molecule has 7 rings (SSSR count). The van der Waals surface area contributed by atoms with E-state index in [9.17, 15) is 15.3 Å². The summed E-state index contributed by atoms with van der Waals surface area (Å²) in [7, 11) is 0. The van der Waals surface area contributed by atoms with E-state index in [4.69, 9.17) is 0 Å². The van der Waals surface area contributed by atoms with Crippen LogP contribution < -0.4 is 15.8 Å². The number of nitrogens with zero attached hydrogens (tertiary/aromatic N) is 1. The first-order valence-electron chi connectivity index (χ1n) is 13.1. The SMILES string of the molecule is C/C=C/C=C/c1cc2c(Br)c3c(c(O)c2cn1)[C@@]1(C=c2c(O)c4cc(Br)c(NC5CC5)cc4c(O)c2=C1)CC3. The van der Waals surface area contributed by atoms with Crippen LogP contribution in [0.1, 0.15) is 43.0 Å². The van der Waals surface area contributed by atoms with Crippen LogP contribution in [-0.4, -0.2) is 26.3 Å². The number of hydrogen-bond donors (Lipinski definition) is 4. The van der Waals surface area contributed by atoms with Gasteiger partial charge in [-0.25, -0.2) is 0 Å². The molecule has 1 atom stereocenters. The maximum Gasteiger partial charge on any atom is 0.131 e. The highest BCUT2D eigenvalue weighted by molar-refractivity contribution is 9.11. The molecule has 3 aliphatic carbocycles. The molecule has 0 radical (unpaired) electrons. The molecule has 0 aliphatic heterocycles. The third-order valence-electron chi connectivity index (χ3n) is 8.20. The minimum Gasteiger partial charge on any atom is -0.507 e. The zero-order valence-corrected chi connectivity index (χ0v) is 24.4. The molecule has 1 aromatic heterocycles. The summed E-state index contributed by atoms with van der Waals surface area (Å²) in [5.41, 5.74) is 2.90. The summed E-state index contributed by atoms with van der Waals surface area (Å²) < 4.78 is 1.79. The number of fused-ring (bicyclic) bond motifs is 5. The zero-order chi connectivity index (χ0) is 27.1. The summed E-state index contributed by atoms with van der Waals surface area (Å²) in [6.45, 7) is 1.96. The number of anilines is 1. The van der Waals surface area contributed by atoms with E-state index < -0.39 is 5.41 Å². The van der Waals surface area contributed by atoms with Crippen molar-refractivity contribution in [2.75, 3.05) is 5.32 Å². The van der Waals surface area contributed by atoms with Crippen molar-refractivity contribution in [1.82, 2.24) is 4.98 Å². The van der Waals surface area contributed by atoms with Crippen LogP contribution in [0.25, 0.3) is 39.8 Å². The van der Waals surface area contributed by atoms with Crippen molar-refractivity contribution in [3.63, 3.8) is 0 Å². The molecule has 3 aromatic carbocycles. The smallest absolute Gasteiger partial charge is 0.131 e. The Morgan fingerprint density at radius 3 is 2.33 bits per heavy atom. The molecule has 0 bridgehead atoms. The normalized spacial score (nSPS) is 19.8. The number of hydrogen-bond acceptors (Lipinski definition) is 5. The highest BCUT2D eigenvalue weighted by Crippen LogP contribution is 2.53. The Morgan fingerprint density at radius 2 is 1.64 bits per heavy atom. The van der Waals surface area contributed by atoms with Gasteiger partial charge in [-0.3, -0.25) is 4.98 Å². The monoisotopic (exact) mass is 644 g/mol. The molecular weight excluding hydrogens is 620 g/mol. The topological polar surface area (TPSA) is 85.6 Å². The minimum atomic E-state index is -0.651. The zero-order valence-electron chi connectivity index (χ0n) is 21.2. The number of halogens is 2. The molecule has 1 spiro atoms. The van der Waals surface area contributed by atoms with Gasteiger partial charge in [0.05, 0.1) is 5.69 Å². The largest absolute Gasteiger partial charge is 0.507 e. The fraction of sp³-hybridized carbons (Fsp3) is 0.219. The lowest BCUT2D eigenvalue weighted by Crippen LogP contribution is -2.22. The van der Waals surface area contributed by atoms with E-state index in [0.29, 0.717) is 39.1 Å². The van der Waals surface area contributed by atoms with E-state index in [-0.39, 0.29) is 17.2 Å². The van der Waals surface area contributed by atoms with Crippen LogP contribution in [0.15, 0.2) is 51.6 Å². The molecule has 39 heavy (non-hydrogen) atoms. The summed E-state index contributed by atoms with van der Waals surface area (Å²) in [6.07, 6.45) is 17.2. The van der Waals surface area contributed by atoms with Gasteiger partial charge in [-0.05, 0) is 94.3 Å². The number of benzene rings is 3. The summed E-state index contributed by atoms with van der Waals surface area (Å²) in [5, 5.41) is 42.0. The number of rotatable bonds is 4. The molecule has 0 saturated heterocycles. The first kappa shape index (κ1) is 24.7. The van der Waals surface area contributed by atoms with Gasteiger partial charge in [0.15, 0.2) is 0 Å². The van der Waals surface area contributed by atoms with Crippen LogP contribution in [-0.2, 0) is 11.8 Å². The summed E-state index contributed by atoms with van der Waals surface area (Å²) in [6, 6.07) is 6.21. The van der Waals surface area contributed by atoms with Gasteiger partial charge in [-0.1, -0.05) is 30.4 Å². The second-order valence-electron chi connectivity index (χ2n) is 10.7. The summed E-state index contributed by atoms with van der Waals surface area (Å²) in [4.78, 5) is 4.55. The Morgan fingerprint density at radius 1 is 0.923 bits per heavy atom. The van der Waals surface area contributed by atoms with Crippen LogP contribution in [0.3, 0.4) is 0 Å². The number of aromatic nitrogens is 1. The Balaban J connectivity index is 1.43. The minimum absolute atomic E-state index is 0.136. The highest BCUT2D eigenvalue weighted by atomic mass is 79.9. The maximum atomic E-state index is 11.6. The van der Waals surface area contributed by atoms with E-state index in [2.05, 4.69) is 42.2 Å². The number of pyridine rings is 1. The molecular formula is C32H26Br2N2O3. The van der Waals surface area contributed by atoms with E-state index in [1.807, 2.05) is 61.6 Å². The van der Waals surface area contributed by atoms with Gasteiger partial charge in [-0.2, -0.15) is 0 Å².